The minimum absolute atomic E-state index is 0.0894. The number of nitrogens with zero attached hydrogens (tertiary/aromatic N) is 3. The van der Waals surface area contributed by atoms with Gasteiger partial charge in [0.05, 0.1) is 23.1 Å². The van der Waals surface area contributed by atoms with Crippen LogP contribution in [0.5, 0.6) is 11.5 Å². The van der Waals surface area contributed by atoms with Gasteiger partial charge < -0.3 is 14.8 Å². The highest BCUT2D eigenvalue weighted by Gasteiger charge is 2.17. The predicted molar refractivity (Wildman–Crippen MR) is 144 cm³/mol. The standard InChI is InChI=1S/C25H21Cl3N4O3S/c1-2-34-19-10-6-18(7-11-19)32-23(14-35-20-8-3-16(26)4-9-20)30-31-25(32)36-15-24(33)29-22-12-5-17(27)13-21(22)28/h3-13H,2,14-15H2,1H3,(H,29,33). The van der Waals surface area contributed by atoms with Gasteiger partial charge in [0.25, 0.3) is 0 Å². The van der Waals surface area contributed by atoms with Gasteiger partial charge in [-0.15, -0.1) is 10.2 Å². The molecule has 1 N–H and O–H groups in total. The van der Waals surface area contributed by atoms with Crippen LogP contribution in [-0.4, -0.2) is 33.0 Å². The van der Waals surface area contributed by atoms with Gasteiger partial charge in [0.15, 0.2) is 11.0 Å². The van der Waals surface area contributed by atoms with Crippen molar-refractivity contribution in [3.05, 3.63) is 87.6 Å². The van der Waals surface area contributed by atoms with Crippen LogP contribution < -0.4 is 14.8 Å². The number of benzene rings is 3. The number of ether oxygens (including phenoxy) is 2. The number of rotatable bonds is 10. The summed E-state index contributed by atoms with van der Waals surface area (Å²) in [5.74, 6) is 1.81. The molecule has 0 atom stereocenters. The van der Waals surface area contributed by atoms with Gasteiger partial charge in [-0.2, -0.15) is 0 Å². The molecule has 0 bridgehead atoms. The summed E-state index contributed by atoms with van der Waals surface area (Å²) in [5.41, 5.74) is 1.29. The average molecular weight is 564 g/mol. The third-order valence-corrected chi connectivity index (χ3v) is 6.55. The van der Waals surface area contributed by atoms with Gasteiger partial charge in [-0.05, 0) is 73.7 Å². The van der Waals surface area contributed by atoms with Crippen molar-refractivity contribution in [1.29, 1.82) is 0 Å². The highest BCUT2D eigenvalue weighted by atomic mass is 35.5. The molecule has 36 heavy (non-hydrogen) atoms. The number of hydrogen-bond donors (Lipinski definition) is 1. The second-order valence-electron chi connectivity index (χ2n) is 7.36. The number of aromatic nitrogens is 3. The number of halogens is 3. The smallest absolute Gasteiger partial charge is 0.234 e. The zero-order valence-electron chi connectivity index (χ0n) is 19.1. The maximum absolute atomic E-state index is 12.6. The first-order valence-electron chi connectivity index (χ1n) is 10.9. The lowest BCUT2D eigenvalue weighted by atomic mass is 10.3. The average Bonchev–Trinajstić information content (AvgIpc) is 3.27. The summed E-state index contributed by atoms with van der Waals surface area (Å²) >= 11 is 19.3. The van der Waals surface area contributed by atoms with Crippen LogP contribution in [0.25, 0.3) is 5.69 Å². The molecule has 1 heterocycles. The van der Waals surface area contributed by atoms with Crippen molar-refractivity contribution in [2.24, 2.45) is 0 Å². The molecule has 0 aliphatic heterocycles. The number of thioether (sulfide) groups is 1. The van der Waals surface area contributed by atoms with Gasteiger partial charge in [-0.3, -0.25) is 9.36 Å². The zero-order chi connectivity index (χ0) is 25.5. The second kappa shape index (κ2) is 12.4. The maximum atomic E-state index is 12.6. The van der Waals surface area contributed by atoms with E-state index >= 15 is 0 Å². The SMILES string of the molecule is CCOc1ccc(-n2c(COc3ccc(Cl)cc3)nnc2SCC(=O)Nc2ccc(Cl)cc2Cl)cc1. The molecule has 0 unspecified atom stereocenters. The Hall–Kier alpha value is -2.91. The molecule has 0 fully saturated rings. The van der Waals surface area contributed by atoms with Gasteiger partial charge in [0.2, 0.25) is 5.91 Å². The van der Waals surface area contributed by atoms with E-state index in [1.165, 1.54) is 11.8 Å². The van der Waals surface area contributed by atoms with Gasteiger partial charge in [-0.1, -0.05) is 46.6 Å². The number of hydrogen-bond acceptors (Lipinski definition) is 6. The van der Waals surface area contributed by atoms with E-state index in [0.717, 1.165) is 11.4 Å². The van der Waals surface area contributed by atoms with Crippen molar-refractivity contribution in [3.8, 4) is 17.2 Å². The number of amides is 1. The lowest BCUT2D eigenvalue weighted by Crippen LogP contribution is -2.15. The third-order valence-electron chi connectivity index (χ3n) is 4.83. The van der Waals surface area contributed by atoms with Crippen LogP contribution in [0.2, 0.25) is 15.1 Å². The molecule has 11 heteroatoms. The van der Waals surface area contributed by atoms with Crippen LogP contribution in [0.4, 0.5) is 5.69 Å². The monoisotopic (exact) mass is 562 g/mol. The minimum Gasteiger partial charge on any atom is -0.494 e. The van der Waals surface area contributed by atoms with Gasteiger partial charge in [-0.25, -0.2) is 0 Å². The molecule has 1 amide bonds. The van der Waals surface area contributed by atoms with Crippen LogP contribution in [0.1, 0.15) is 12.7 Å². The Morgan fingerprint density at radius 3 is 2.28 bits per heavy atom. The summed E-state index contributed by atoms with van der Waals surface area (Å²) < 4.78 is 13.3. The first-order valence-corrected chi connectivity index (χ1v) is 13.0. The second-order valence-corrected chi connectivity index (χ2v) is 9.59. The molecule has 0 radical (unpaired) electrons. The Morgan fingerprint density at radius 2 is 1.58 bits per heavy atom. The molecule has 0 aliphatic carbocycles. The molecule has 3 aromatic carbocycles. The molecule has 0 spiro atoms. The molecular weight excluding hydrogens is 543 g/mol. The van der Waals surface area contributed by atoms with Crippen molar-refractivity contribution in [1.82, 2.24) is 14.8 Å². The fourth-order valence-corrected chi connectivity index (χ4v) is 4.54. The Bertz CT molecular complexity index is 1330. The quantitative estimate of drug-likeness (QED) is 0.211. The van der Waals surface area contributed by atoms with E-state index in [1.807, 2.05) is 35.8 Å². The van der Waals surface area contributed by atoms with Crippen LogP contribution >= 0.6 is 46.6 Å². The Labute approximate surface area is 227 Å². The normalized spacial score (nSPS) is 10.8. The molecule has 7 nitrogen and oxygen atoms in total. The van der Waals surface area contributed by atoms with Crippen LogP contribution in [-0.2, 0) is 11.4 Å². The Balaban J connectivity index is 1.52. The fraction of sp³-hybridized carbons (Fsp3) is 0.160. The summed E-state index contributed by atoms with van der Waals surface area (Å²) in [6, 6.07) is 19.5. The van der Waals surface area contributed by atoms with Gasteiger partial charge in [0.1, 0.15) is 18.1 Å². The Kier molecular flexibility index (Phi) is 8.98. The van der Waals surface area contributed by atoms with Crippen molar-refractivity contribution >= 4 is 58.2 Å². The molecule has 0 saturated heterocycles. The van der Waals surface area contributed by atoms with Crippen molar-refractivity contribution in [2.75, 3.05) is 17.7 Å². The Morgan fingerprint density at radius 1 is 0.917 bits per heavy atom. The van der Waals surface area contributed by atoms with E-state index in [-0.39, 0.29) is 18.3 Å². The van der Waals surface area contributed by atoms with E-state index in [2.05, 4.69) is 15.5 Å². The van der Waals surface area contributed by atoms with Crippen molar-refractivity contribution in [2.45, 2.75) is 18.7 Å². The predicted octanol–water partition coefficient (Wildman–Crippen LogP) is 6.94. The van der Waals surface area contributed by atoms with E-state index in [4.69, 9.17) is 44.3 Å². The molecule has 4 rings (SSSR count). The first kappa shape index (κ1) is 26.2. The lowest BCUT2D eigenvalue weighted by Gasteiger charge is -2.12. The summed E-state index contributed by atoms with van der Waals surface area (Å²) in [5, 5.41) is 13.4. The molecule has 0 saturated carbocycles. The fourth-order valence-electron chi connectivity index (χ4n) is 3.19. The van der Waals surface area contributed by atoms with E-state index in [0.29, 0.717) is 44.1 Å². The van der Waals surface area contributed by atoms with Crippen molar-refractivity contribution < 1.29 is 14.3 Å². The summed E-state index contributed by atoms with van der Waals surface area (Å²) in [6.45, 7) is 2.66. The molecule has 4 aromatic rings. The maximum Gasteiger partial charge on any atom is 0.234 e. The molecule has 186 valence electrons. The highest BCUT2D eigenvalue weighted by Crippen LogP contribution is 2.28. The highest BCUT2D eigenvalue weighted by molar-refractivity contribution is 7.99. The van der Waals surface area contributed by atoms with E-state index in [1.54, 1.807) is 42.5 Å². The van der Waals surface area contributed by atoms with Gasteiger partial charge >= 0.3 is 0 Å². The van der Waals surface area contributed by atoms with Crippen LogP contribution in [0, 0.1) is 0 Å². The zero-order valence-corrected chi connectivity index (χ0v) is 22.2. The molecule has 1 aromatic heterocycles. The summed E-state index contributed by atoms with van der Waals surface area (Å²) in [7, 11) is 0. The van der Waals surface area contributed by atoms with E-state index < -0.39 is 0 Å². The largest absolute Gasteiger partial charge is 0.494 e. The van der Waals surface area contributed by atoms with E-state index in [9.17, 15) is 4.79 Å². The summed E-state index contributed by atoms with van der Waals surface area (Å²) in [4.78, 5) is 12.6. The number of nitrogens with one attached hydrogen (secondary N) is 1. The third kappa shape index (κ3) is 6.85. The topological polar surface area (TPSA) is 78.3 Å². The molecular formula is C25H21Cl3N4O3S. The first-order chi connectivity index (χ1) is 17.4. The number of carbonyl (C=O) groups excluding carboxylic acids is 1. The van der Waals surface area contributed by atoms with Gasteiger partial charge in [0, 0.05) is 15.7 Å². The van der Waals surface area contributed by atoms with Crippen LogP contribution in [0.15, 0.2) is 71.9 Å². The number of carbonyl (C=O) groups is 1. The van der Waals surface area contributed by atoms with Crippen LogP contribution in [0.3, 0.4) is 0 Å². The molecule has 0 aliphatic rings. The summed E-state index contributed by atoms with van der Waals surface area (Å²) in [6.07, 6.45) is 0. The lowest BCUT2D eigenvalue weighted by molar-refractivity contribution is -0.113. The van der Waals surface area contributed by atoms with Crippen molar-refractivity contribution in [3.63, 3.8) is 0 Å². The minimum atomic E-state index is -0.246. The number of anilines is 1.